The van der Waals surface area contributed by atoms with E-state index in [1.807, 2.05) is 0 Å². The van der Waals surface area contributed by atoms with Crippen LogP contribution in [0.2, 0.25) is 0 Å². The number of hydrogen-bond donors (Lipinski definition) is 2. The number of nitrogens with zero attached hydrogens (tertiary/aromatic N) is 1. The maximum Gasteiger partial charge on any atom is 0.115 e. The topological polar surface area (TPSA) is 49.5 Å². The van der Waals surface area contributed by atoms with Gasteiger partial charge >= 0.3 is 0 Å². The van der Waals surface area contributed by atoms with Crippen LogP contribution in [0, 0.1) is 5.41 Å². The second-order valence-corrected chi connectivity index (χ2v) is 3.90. The number of nitrogens with two attached hydrogens (primary N) is 1. The van der Waals surface area contributed by atoms with Crippen molar-refractivity contribution in [3.63, 3.8) is 0 Å². The molecule has 1 unspecified atom stereocenters. The zero-order chi connectivity index (χ0) is 7.78. The average molecular weight is 144 g/mol. The molecule has 1 fully saturated rings. The van der Waals surface area contributed by atoms with Crippen LogP contribution < -0.4 is 5.73 Å². The Morgan fingerprint density at radius 1 is 1.60 bits per heavy atom. The van der Waals surface area contributed by atoms with Gasteiger partial charge in [0.2, 0.25) is 0 Å². The smallest absolute Gasteiger partial charge is 0.115 e. The van der Waals surface area contributed by atoms with Crippen LogP contribution in [0.5, 0.6) is 0 Å². The molecule has 1 aliphatic rings. The molecule has 0 spiro atoms. The monoisotopic (exact) mass is 144 g/mol. The predicted octanol–water partition coefficient (Wildman–Crippen LogP) is -0.395. The lowest BCUT2D eigenvalue weighted by atomic mass is 9.84. The van der Waals surface area contributed by atoms with E-state index in [-0.39, 0.29) is 0 Å². The number of aliphatic hydroxyl groups excluding tert-OH is 1. The number of likely N-dealkylation sites (tertiary alicyclic amines) is 1. The molecule has 1 heterocycles. The van der Waals surface area contributed by atoms with Gasteiger partial charge in [-0.15, -0.1) is 0 Å². The fourth-order valence-electron chi connectivity index (χ4n) is 1.56. The van der Waals surface area contributed by atoms with Gasteiger partial charge in [-0.3, -0.25) is 4.90 Å². The highest BCUT2D eigenvalue weighted by atomic mass is 16.3. The Kier molecular flexibility index (Phi) is 1.99. The van der Waals surface area contributed by atoms with Gasteiger partial charge in [0, 0.05) is 19.6 Å². The van der Waals surface area contributed by atoms with Crippen LogP contribution in [0.15, 0.2) is 0 Å². The zero-order valence-electron chi connectivity index (χ0n) is 6.67. The van der Waals surface area contributed by atoms with Crippen LogP contribution in [0.3, 0.4) is 0 Å². The van der Waals surface area contributed by atoms with E-state index in [2.05, 4.69) is 18.7 Å². The highest BCUT2D eigenvalue weighted by Gasteiger charge is 2.34. The van der Waals surface area contributed by atoms with Crippen molar-refractivity contribution in [1.82, 2.24) is 4.90 Å². The molecule has 1 rings (SSSR count). The SMILES string of the molecule is CC1(C)CN(CC(N)O)C1. The molecule has 0 aromatic carbocycles. The predicted molar refractivity (Wildman–Crippen MR) is 40.4 cm³/mol. The summed E-state index contributed by atoms with van der Waals surface area (Å²) < 4.78 is 0. The van der Waals surface area contributed by atoms with Gasteiger partial charge in [0.25, 0.3) is 0 Å². The average Bonchev–Trinajstić information content (AvgIpc) is 1.57. The van der Waals surface area contributed by atoms with E-state index in [1.165, 1.54) is 0 Å². The molecule has 60 valence electrons. The standard InChI is InChI=1S/C7H16N2O/c1-7(2)4-9(5-7)3-6(8)10/h6,10H,3-5,8H2,1-2H3. The van der Waals surface area contributed by atoms with Crippen LogP contribution in [-0.2, 0) is 0 Å². The van der Waals surface area contributed by atoms with Crippen LogP contribution in [0.1, 0.15) is 13.8 Å². The molecule has 3 heteroatoms. The van der Waals surface area contributed by atoms with Crippen LogP contribution in [0.4, 0.5) is 0 Å². The molecule has 1 saturated heterocycles. The number of rotatable bonds is 2. The lowest BCUT2D eigenvalue weighted by Gasteiger charge is -2.46. The second-order valence-electron chi connectivity index (χ2n) is 3.90. The molecular weight excluding hydrogens is 128 g/mol. The molecule has 0 aliphatic carbocycles. The summed E-state index contributed by atoms with van der Waals surface area (Å²) in [4.78, 5) is 2.16. The van der Waals surface area contributed by atoms with Crippen molar-refractivity contribution in [2.75, 3.05) is 19.6 Å². The Bertz CT molecular complexity index is 112. The third-order valence-corrected chi connectivity index (χ3v) is 1.75. The first-order chi connectivity index (χ1) is 4.49. The lowest BCUT2D eigenvalue weighted by molar-refractivity contribution is -0.00331. The summed E-state index contributed by atoms with van der Waals surface area (Å²) >= 11 is 0. The Morgan fingerprint density at radius 3 is 2.40 bits per heavy atom. The van der Waals surface area contributed by atoms with Crippen molar-refractivity contribution in [2.24, 2.45) is 11.1 Å². The first-order valence-corrected chi connectivity index (χ1v) is 3.66. The van der Waals surface area contributed by atoms with E-state index >= 15 is 0 Å². The van der Waals surface area contributed by atoms with E-state index in [0.29, 0.717) is 12.0 Å². The quantitative estimate of drug-likeness (QED) is 0.519. The zero-order valence-corrected chi connectivity index (χ0v) is 6.67. The molecule has 0 aromatic rings. The molecule has 0 bridgehead atoms. The Morgan fingerprint density at radius 2 is 2.10 bits per heavy atom. The van der Waals surface area contributed by atoms with E-state index in [9.17, 15) is 0 Å². The van der Waals surface area contributed by atoms with Gasteiger partial charge in [0.1, 0.15) is 6.23 Å². The Labute approximate surface area is 61.8 Å². The summed E-state index contributed by atoms with van der Waals surface area (Å²) in [5.41, 5.74) is 5.64. The van der Waals surface area contributed by atoms with E-state index in [0.717, 1.165) is 13.1 Å². The first-order valence-electron chi connectivity index (χ1n) is 3.66. The maximum atomic E-state index is 8.79. The number of hydrogen-bond acceptors (Lipinski definition) is 3. The fourth-order valence-corrected chi connectivity index (χ4v) is 1.56. The molecule has 3 N–H and O–H groups in total. The minimum atomic E-state index is -0.670. The second kappa shape index (κ2) is 2.49. The highest BCUT2D eigenvalue weighted by molar-refractivity contribution is 4.87. The minimum Gasteiger partial charge on any atom is -0.377 e. The van der Waals surface area contributed by atoms with Gasteiger partial charge in [-0.1, -0.05) is 13.8 Å². The van der Waals surface area contributed by atoms with E-state index < -0.39 is 6.23 Å². The van der Waals surface area contributed by atoms with Gasteiger partial charge in [-0.05, 0) is 5.41 Å². The fraction of sp³-hybridized carbons (Fsp3) is 1.00. The van der Waals surface area contributed by atoms with Crippen molar-refractivity contribution >= 4 is 0 Å². The summed E-state index contributed by atoms with van der Waals surface area (Å²) in [5, 5.41) is 8.79. The highest BCUT2D eigenvalue weighted by Crippen LogP contribution is 2.27. The van der Waals surface area contributed by atoms with E-state index in [4.69, 9.17) is 10.8 Å². The van der Waals surface area contributed by atoms with Gasteiger partial charge in [-0.2, -0.15) is 0 Å². The molecule has 1 atom stereocenters. The van der Waals surface area contributed by atoms with Crippen molar-refractivity contribution in [1.29, 1.82) is 0 Å². The third kappa shape index (κ3) is 1.94. The van der Waals surface area contributed by atoms with Crippen LogP contribution >= 0.6 is 0 Å². The number of β-amino-alcohol motifs (C(OH)–C–C–N with tert-alkyl or cyclic N) is 1. The molecule has 0 radical (unpaired) electrons. The Hall–Kier alpha value is -0.120. The number of aliphatic hydroxyl groups is 1. The van der Waals surface area contributed by atoms with Gasteiger partial charge in [0.05, 0.1) is 0 Å². The molecule has 0 amide bonds. The van der Waals surface area contributed by atoms with Gasteiger partial charge < -0.3 is 10.8 Å². The summed E-state index contributed by atoms with van der Waals surface area (Å²) in [6.07, 6.45) is -0.670. The van der Waals surface area contributed by atoms with Gasteiger partial charge in [-0.25, -0.2) is 0 Å². The van der Waals surface area contributed by atoms with Crippen molar-refractivity contribution < 1.29 is 5.11 Å². The summed E-state index contributed by atoms with van der Waals surface area (Å²) in [7, 11) is 0. The maximum absolute atomic E-state index is 8.79. The van der Waals surface area contributed by atoms with Crippen LogP contribution in [-0.4, -0.2) is 35.9 Å². The van der Waals surface area contributed by atoms with Crippen molar-refractivity contribution in [3.05, 3.63) is 0 Å². The van der Waals surface area contributed by atoms with Crippen molar-refractivity contribution in [2.45, 2.75) is 20.1 Å². The molecule has 0 saturated carbocycles. The molecule has 3 nitrogen and oxygen atoms in total. The first kappa shape index (κ1) is 7.98. The lowest BCUT2D eigenvalue weighted by Crippen LogP contribution is -2.56. The molecule has 1 aliphatic heterocycles. The van der Waals surface area contributed by atoms with Gasteiger partial charge in [0.15, 0.2) is 0 Å². The normalized spacial score (nSPS) is 27.6. The Balaban J connectivity index is 2.15. The third-order valence-electron chi connectivity index (χ3n) is 1.75. The minimum absolute atomic E-state index is 0.439. The summed E-state index contributed by atoms with van der Waals surface area (Å²) in [6, 6.07) is 0. The molecule has 0 aromatic heterocycles. The summed E-state index contributed by atoms with van der Waals surface area (Å²) in [5.74, 6) is 0. The van der Waals surface area contributed by atoms with Crippen molar-refractivity contribution in [3.8, 4) is 0 Å². The largest absolute Gasteiger partial charge is 0.377 e. The van der Waals surface area contributed by atoms with Crippen LogP contribution in [0.25, 0.3) is 0 Å². The van der Waals surface area contributed by atoms with E-state index in [1.54, 1.807) is 0 Å². The summed E-state index contributed by atoms with van der Waals surface area (Å²) in [6.45, 7) is 7.16. The molecule has 10 heavy (non-hydrogen) atoms. The molecular formula is C7H16N2O.